The number of carbonyl (C=O) groups is 2. The number of aliphatic carboxylic acids is 1. The van der Waals surface area contributed by atoms with Crippen molar-refractivity contribution in [2.24, 2.45) is 23.7 Å². The number of allylic oxidation sites excluding steroid dienone is 2. The normalized spacial score (nSPS) is 28.0. The molecule has 0 unspecified atom stereocenters. The Labute approximate surface area is 143 Å². The van der Waals surface area contributed by atoms with Crippen LogP contribution in [0.4, 0.5) is 0 Å². The summed E-state index contributed by atoms with van der Waals surface area (Å²) in [5.74, 6) is -2.32. The summed E-state index contributed by atoms with van der Waals surface area (Å²) in [4.78, 5) is 24.3. The number of carboxylic acids is 1. The molecule has 2 aliphatic carbocycles. The summed E-state index contributed by atoms with van der Waals surface area (Å²) in [6, 6.07) is 9.95. The van der Waals surface area contributed by atoms with Gasteiger partial charge in [0.2, 0.25) is 5.91 Å². The quantitative estimate of drug-likeness (QED) is 0.838. The summed E-state index contributed by atoms with van der Waals surface area (Å²) in [7, 11) is 0. The van der Waals surface area contributed by atoms with E-state index in [9.17, 15) is 14.7 Å². The molecule has 0 aromatic heterocycles. The van der Waals surface area contributed by atoms with Gasteiger partial charge in [-0.3, -0.25) is 4.79 Å². The lowest BCUT2D eigenvalue weighted by Crippen LogP contribution is -2.46. The molecule has 0 heterocycles. The first kappa shape index (κ1) is 16.7. The van der Waals surface area contributed by atoms with E-state index in [0.29, 0.717) is 6.54 Å². The molecule has 0 radical (unpaired) electrons. The Bertz CT molecular complexity index is 661. The van der Waals surface area contributed by atoms with Crippen LogP contribution in [0.5, 0.6) is 0 Å². The van der Waals surface area contributed by atoms with Gasteiger partial charge in [-0.1, -0.05) is 41.5 Å². The number of carbonyl (C=O) groups excluding carboxylic acids is 2. The summed E-state index contributed by atoms with van der Waals surface area (Å²) < 4.78 is 0. The van der Waals surface area contributed by atoms with Crippen LogP contribution in [0.15, 0.2) is 41.5 Å². The van der Waals surface area contributed by atoms with Gasteiger partial charge in [0.05, 0.1) is 5.92 Å². The largest absolute Gasteiger partial charge is 0.550 e. The molecule has 24 heavy (non-hydrogen) atoms. The van der Waals surface area contributed by atoms with Gasteiger partial charge in [-0.2, -0.15) is 0 Å². The first-order valence-corrected chi connectivity index (χ1v) is 8.70. The smallest absolute Gasteiger partial charge is 0.224 e. The Morgan fingerprint density at radius 1 is 1.08 bits per heavy atom. The van der Waals surface area contributed by atoms with E-state index in [2.05, 4.69) is 5.32 Å². The number of amides is 1. The van der Waals surface area contributed by atoms with Crippen LogP contribution in [0.2, 0.25) is 0 Å². The monoisotopic (exact) mass is 326 g/mol. The zero-order valence-electron chi connectivity index (χ0n) is 14.2. The first-order valence-electron chi connectivity index (χ1n) is 8.70. The maximum atomic E-state index is 12.7. The van der Waals surface area contributed by atoms with Crippen LogP contribution in [0.25, 0.3) is 0 Å². The highest BCUT2D eigenvalue weighted by Crippen LogP contribution is 2.56. The molecule has 2 fully saturated rings. The lowest BCUT2D eigenvalue weighted by atomic mass is 9.78. The second-order valence-electron chi connectivity index (χ2n) is 7.14. The highest BCUT2D eigenvalue weighted by molar-refractivity contribution is 5.87. The minimum absolute atomic E-state index is 0.0186. The molecule has 2 saturated carbocycles. The topological polar surface area (TPSA) is 69.2 Å². The van der Waals surface area contributed by atoms with Gasteiger partial charge < -0.3 is 15.2 Å². The van der Waals surface area contributed by atoms with Crippen molar-refractivity contribution in [3.05, 3.63) is 47.0 Å². The van der Waals surface area contributed by atoms with Crippen molar-refractivity contribution in [2.45, 2.75) is 33.1 Å². The molecule has 1 aromatic carbocycles. The standard InChI is InChI=1S/C20H25NO3/c1-12(2)16-14-8-9-15(16)18(20(23)24)17(14)19(22)21-11-10-13-6-4-3-5-7-13/h3-7,14-15,17-18H,8-11H2,1-2H3,(H,21,22)(H,23,24)/p-1/t14-,15+,17-,18+/m1/s1. The average molecular weight is 326 g/mol. The van der Waals surface area contributed by atoms with Crippen molar-refractivity contribution in [3.63, 3.8) is 0 Å². The van der Waals surface area contributed by atoms with Crippen molar-refractivity contribution in [2.75, 3.05) is 6.54 Å². The molecule has 0 saturated heterocycles. The van der Waals surface area contributed by atoms with Gasteiger partial charge in [0.25, 0.3) is 0 Å². The molecule has 4 heteroatoms. The maximum Gasteiger partial charge on any atom is 0.224 e. The molecular weight excluding hydrogens is 302 g/mol. The van der Waals surface area contributed by atoms with Crippen molar-refractivity contribution in [1.82, 2.24) is 5.32 Å². The third-order valence-electron chi connectivity index (χ3n) is 5.55. The van der Waals surface area contributed by atoms with E-state index >= 15 is 0 Å². The Balaban J connectivity index is 1.69. The minimum Gasteiger partial charge on any atom is -0.550 e. The van der Waals surface area contributed by atoms with Gasteiger partial charge in [0.1, 0.15) is 0 Å². The number of hydrogen-bond donors (Lipinski definition) is 1. The van der Waals surface area contributed by atoms with Gasteiger partial charge in [0, 0.05) is 18.4 Å². The number of carboxylic acid groups (broad SMARTS) is 1. The first-order chi connectivity index (χ1) is 11.5. The predicted octanol–water partition coefficient (Wildman–Crippen LogP) is 1.70. The maximum absolute atomic E-state index is 12.7. The fourth-order valence-corrected chi connectivity index (χ4v) is 4.68. The second-order valence-corrected chi connectivity index (χ2v) is 7.14. The lowest BCUT2D eigenvalue weighted by Gasteiger charge is -2.30. The fraction of sp³-hybridized carbons (Fsp3) is 0.500. The summed E-state index contributed by atoms with van der Waals surface area (Å²) in [5, 5.41) is 14.6. The van der Waals surface area contributed by atoms with Crippen molar-refractivity contribution >= 4 is 11.9 Å². The van der Waals surface area contributed by atoms with Crippen molar-refractivity contribution < 1.29 is 14.7 Å². The Kier molecular flexibility index (Phi) is 4.74. The molecule has 0 aliphatic heterocycles. The van der Waals surface area contributed by atoms with E-state index in [1.165, 1.54) is 5.57 Å². The average Bonchev–Trinajstić information content (AvgIpc) is 3.11. The van der Waals surface area contributed by atoms with Gasteiger partial charge in [-0.05, 0) is 50.5 Å². The number of rotatable bonds is 5. The molecule has 3 rings (SSSR count). The molecule has 1 amide bonds. The number of fused-ring (bicyclic) bond motifs is 2. The molecule has 4 nitrogen and oxygen atoms in total. The zero-order chi connectivity index (χ0) is 17.3. The minimum atomic E-state index is -1.08. The third-order valence-corrected chi connectivity index (χ3v) is 5.55. The van der Waals surface area contributed by atoms with Crippen molar-refractivity contribution in [3.8, 4) is 0 Å². The lowest BCUT2D eigenvalue weighted by molar-refractivity contribution is -0.314. The van der Waals surface area contributed by atoms with Gasteiger partial charge >= 0.3 is 0 Å². The van der Waals surface area contributed by atoms with E-state index in [1.54, 1.807) is 0 Å². The Morgan fingerprint density at radius 2 is 1.71 bits per heavy atom. The van der Waals surface area contributed by atoms with Crippen molar-refractivity contribution in [1.29, 1.82) is 0 Å². The van der Waals surface area contributed by atoms with Crippen LogP contribution >= 0.6 is 0 Å². The summed E-state index contributed by atoms with van der Waals surface area (Å²) in [5.41, 5.74) is 3.51. The number of nitrogens with one attached hydrogen (secondary N) is 1. The van der Waals surface area contributed by atoms with E-state index in [-0.39, 0.29) is 17.7 Å². The summed E-state index contributed by atoms with van der Waals surface area (Å²) in [6.07, 6.45) is 2.52. The van der Waals surface area contributed by atoms with E-state index in [4.69, 9.17) is 0 Å². The fourth-order valence-electron chi connectivity index (χ4n) is 4.68. The summed E-state index contributed by atoms with van der Waals surface area (Å²) in [6.45, 7) is 4.56. The zero-order valence-corrected chi connectivity index (χ0v) is 14.2. The van der Waals surface area contributed by atoms with Crippen LogP contribution in [0.3, 0.4) is 0 Å². The third kappa shape index (κ3) is 2.97. The Morgan fingerprint density at radius 3 is 2.29 bits per heavy atom. The van der Waals surface area contributed by atoms with Crippen LogP contribution in [0.1, 0.15) is 32.3 Å². The number of benzene rings is 1. The van der Waals surface area contributed by atoms with Gasteiger partial charge in [-0.25, -0.2) is 0 Å². The van der Waals surface area contributed by atoms with E-state index in [0.717, 1.165) is 30.4 Å². The van der Waals surface area contributed by atoms with Crippen LogP contribution < -0.4 is 10.4 Å². The molecule has 4 atom stereocenters. The van der Waals surface area contributed by atoms with E-state index < -0.39 is 17.8 Å². The SMILES string of the molecule is CC(C)=C1[C@H]2CC[C@@H]1[C@H](C(=O)[O-])[C@@H]2C(=O)NCCc1ccccc1. The highest BCUT2D eigenvalue weighted by atomic mass is 16.4. The number of hydrogen-bond acceptors (Lipinski definition) is 3. The van der Waals surface area contributed by atoms with Gasteiger partial charge in [-0.15, -0.1) is 0 Å². The molecule has 1 N–H and O–H groups in total. The molecule has 2 aliphatic rings. The molecule has 2 bridgehead atoms. The van der Waals surface area contributed by atoms with Crippen LogP contribution in [-0.2, 0) is 16.0 Å². The van der Waals surface area contributed by atoms with E-state index in [1.807, 2.05) is 44.2 Å². The Hall–Kier alpha value is -2.10. The predicted molar refractivity (Wildman–Crippen MR) is 89.7 cm³/mol. The van der Waals surface area contributed by atoms with Gasteiger partial charge in [0.15, 0.2) is 0 Å². The molecular formula is C20H24NO3-. The highest BCUT2D eigenvalue weighted by Gasteiger charge is 2.54. The molecule has 128 valence electrons. The molecule has 0 spiro atoms. The molecule has 1 aromatic rings. The summed E-state index contributed by atoms with van der Waals surface area (Å²) >= 11 is 0. The van der Waals surface area contributed by atoms with Crippen LogP contribution in [0, 0.1) is 23.7 Å². The van der Waals surface area contributed by atoms with Crippen LogP contribution in [-0.4, -0.2) is 18.4 Å². The second kappa shape index (κ2) is 6.80.